The molecule has 3 N–H and O–H groups in total. The highest BCUT2D eigenvalue weighted by molar-refractivity contribution is 5.82. The van der Waals surface area contributed by atoms with E-state index in [0.29, 0.717) is 6.54 Å². The van der Waals surface area contributed by atoms with Crippen LogP contribution in [0.5, 0.6) is 0 Å². The Morgan fingerprint density at radius 2 is 1.77 bits per heavy atom. The number of carbonyl (C=O) groups is 1. The summed E-state index contributed by atoms with van der Waals surface area (Å²) in [5.41, 5.74) is 4.99. The molecule has 0 aliphatic heterocycles. The number of nitrogens with two attached hydrogens (primary N) is 1. The van der Waals surface area contributed by atoms with E-state index in [4.69, 9.17) is 5.73 Å². The summed E-state index contributed by atoms with van der Waals surface area (Å²) in [6, 6.07) is 0. The molecular formula is C10H22N2O. The van der Waals surface area contributed by atoms with Crippen LogP contribution < -0.4 is 11.1 Å². The maximum atomic E-state index is 11.6. The molecule has 0 aromatic carbocycles. The Kier molecular flexibility index (Phi) is 3.91. The number of nitrogens with one attached hydrogen (secondary N) is 1. The van der Waals surface area contributed by atoms with E-state index < -0.39 is 0 Å². The van der Waals surface area contributed by atoms with E-state index in [1.165, 1.54) is 0 Å². The minimum absolute atomic E-state index is 0.0577. The Hall–Kier alpha value is -0.570. The summed E-state index contributed by atoms with van der Waals surface area (Å²) in [7, 11) is 0. The summed E-state index contributed by atoms with van der Waals surface area (Å²) in [4.78, 5) is 11.6. The molecule has 1 amide bonds. The number of carbonyl (C=O) groups excluding carboxylic acids is 1. The molecule has 1 unspecified atom stereocenters. The highest BCUT2D eigenvalue weighted by atomic mass is 16.2. The van der Waals surface area contributed by atoms with E-state index in [0.717, 1.165) is 6.42 Å². The van der Waals surface area contributed by atoms with Crippen molar-refractivity contribution in [3.63, 3.8) is 0 Å². The average molecular weight is 186 g/mol. The largest absolute Gasteiger partial charge is 0.349 e. The fourth-order valence-corrected chi connectivity index (χ4v) is 0.745. The molecule has 0 saturated heterocycles. The van der Waals surface area contributed by atoms with Crippen molar-refractivity contribution in [1.29, 1.82) is 0 Å². The van der Waals surface area contributed by atoms with Gasteiger partial charge in [0.25, 0.3) is 0 Å². The maximum Gasteiger partial charge on any atom is 0.225 e. The second-order valence-corrected chi connectivity index (χ2v) is 4.82. The van der Waals surface area contributed by atoms with Crippen molar-refractivity contribution in [2.24, 2.45) is 11.1 Å². The highest BCUT2D eigenvalue weighted by Crippen LogP contribution is 2.16. The Balaban J connectivity index is 4.35. The third kappa shape index (κ3) is 3.77. The third-order valence-electron chi connectivity index (χ3n) is 2.33. The second-order valence-electron chi connectivity index (χ2n) is 4.82. The summed E-state index contributed by atoms with van der Waals surface area (Å²) in [5.74, 6) is 0.0577. The van der Waals surface area contributed by atoms with Crippen LogP contribution in [0.2, 0.25) is 0 Å². The molecule has 0 saturated carbocycles. The van der Waals surface area contributed by atoms with E-state index >= 15 is 0 Å². The van der Waals surface area contributed by atoms with E-state index in [1.54, 1.807) is 0 Å². The smallest absolute Gasteiger partial charge is 0.225 e. The molecule has 0 aromatic rings. The summed E-state index contributed by atoms with van der Waals surface area (Å²) in [6.45, 7) is 10.2. The fraction of sp³-hybridized carbons (Fsp3) is 0.900. The van der Waals surface area contributed by atoms with Crippen molar-refractivity contribution in [2.75, 3.05) is 6.54 Å². The minimum atomic E-state index is -0.342. The molecule has 1 atom stereocenters. The minimum Gasteiger partial charge on any atom is -0.349 e. The molecule has 13 heavy (non-hydrogen) atoms. The van der Waals surface area contributed by atoms with Gasteiger partial charge in [0.05, 0.1) is 0 Å². The molecule has 0 bridgehead atoms. The molecule has 0 radical (unpaired) electrons. The molecule has 0 rings (SSSR count). The Labute approximate surface area is 81.1 Å². The SMILES string of the molecule is CCC(C)(CN)NC(=O)C(C)(C)C. The summed E-state index contributed by atoms with van der Waals surface area (Å²) >= 11 is 0. The van der Waals surface area contributed by atoms with Gasteiger partial charge >= 0.3 is 0 Å². The van der Waals surface area contributed by atoms with Crippen molar-refractivity contribution in [3.8, 4) is 0 Å². The van der Waals surface area contributed by atoms with Crippen LogP contribution in [0, 0.1) is 5.41 Å². The lowest BCUT2D eigenvalue weighted by molar-refractivity contribution is -0.130. The van der Waals surface area contributed by atoms with Gasteiger partial charge in [-0.2, -0.15) is 0 Å². The Morgan fingerprint density at radius 3 is 2.00 bits per heavy atom. The van der Waals surface area contributed by atoms with Crippen molar-refractivity contribution >= 4 is 5.91 Å². The molecule has 0 aliphatic carbocycles. The van der Waals surface area contributed by atoms with Gasteiger partial charge in [-0.1, -0.05) is 27.7 Å². The molecule has 78 valence electrons. The van der Waals surface area contributed by atoms with Gasteiger partial charge in [0, 0.05) is 17.5 Å². The van der Waals surface area contributed by atoms with E-state index in [1.807, 2.05) is 34.6 Å². The van der Waals surface area contributed by atoms with E-state index in [9.17, 15) is 4.79 Å². The van der Waals surface area contributed by atoms with Gasteiger partial charge in [-0.3, -0.25) is 4.79 Å². The van der Waals surface area contributed by atoms with Gasteiger partial charge in [-0.25, -0.2) is 0 Å². The first-order valence-electron chi connectivity index (χ1n) is 4.78. The molecule has 0 aliphatic rings. The Morgan fingerprint density at radius 1 is 1.31 bits per heavy atom. The summed E-state index contributed by atoms with van der Waals surface area (Å²) < 4.78 is 0. The number of hydrogen-bond donors (Lipinski definition) is 2. The van der Waals surface area contributed by atoms with Crippen molar-refractivity contribution in [1.82, 2.24) is 5.32 Å². The molecule has 0 aromatic heterocycles. The predicted molar refractivity (Wildman–Crippen MR) is 55.3 cm³/mol. The standard InChI is InChI=1S/C10H22N2O/c1-6-10(5,7-11)12-8(13)9(2,3)4/h6-7,11H2,1-5H3,(H,12,13). The number of rotatable bonds is 3. The van der Waals surface area contributed by atoms with Crippen LogP contribution in [0.25, 0.3) is 0 Å². The third-order valence-corrected chi connectivity index (χ3v) is 2.33. The van der Waals surface area contributed by atoms with Gasteiger partial charge in [-0.15, -0.1) is 0 Å². The van der Waals surface area contributed by atoms with Crippen LogP contribution in [-0.4, -0.2) is 18.0 Å². The van der Waals surface area contributed by atoms with Gasteiger partial charge in [0.1, 0.15) is 0 Å². The van der Waals surface area contributed by atoms with Crippen molar-refractivity contribution < 1.29 is 4.79 Å². The van der Waals surface area contributed by atoms with Crippen LogP contribution in [-0.2, 0) is 4.79 Å². The first-order valence-corrected chi connectivity index (χ1v) is 4.78. The molecule has 3 heteroatoms. The zero-order valence-corrected chi connectivity index (χ0v) is 9.40. The highest BCUT2D eigenvalue weighted by Gasteiger charge is 2.28. The van der Waals surface area contributed by atoms with Crippen LogP contribution in [0.1, 0.15) is 41.0 Å². The zero-order valence-electron chi connectivity index (χ0n) is 9.40. The maximum absolute atomic E-state index is 11.6. The first-order chi connectivity index (χ1) is 5.75. The number of amides is 1. The lowest BCUT2D eigenvalue weighted by Crippen LogP contribution is -2.53. The zero-order chi connectivity index (χ0) is 10.7. The number of hydrogen-bond acceptors (Lipinski definition) is 2. The quantitative estimate of drug-likeness (QED) is 0.697. The van der Waals surface area contributed by atoms with E-state index in [2.05, 4.69) is 5.32 Å². The van der Waals surface area contributed by atoms with Gasteiger partial charge in [0.15, 0.2) is 0 Å². The lowest BCUT2D eigenvalue weighted by atomic mass is 9.91. The normalized spacial score (nSPS) is 16.5. The molecule has 0 fully saturated rings. The van der Waals surface area contributed by atoms with Gasteiger partial charge < -0.3 is 11.1 Å². The predicted octanol–water partition coefficient (Wildman–Crippen LogP) is 1.28. The monoisotopic (exact) mass is 186 g/mol. The second kappa shape index (κ2) is 4.09. The van der Waals surface area contributed by atoms with Crippen molar-refractivity contribution in [3.05, 3.63) is 0 Å². The van der Waals surface area contributed by atoms with E-state index in [-0.39, 0.29) is 16.9 Å². The molecule has 3 nitrogen and oxygen atoms in total. The summed E-state index contributed by atoms with van der Waals surface area (Å²) in [5, 5.41) is 2.97. The van der Waals surface area contributed by atoms with Gasteiger partial charge in [0.2, 0.25) is 5.91 Å². The fourth-order valence-electron chi connectivity index (χ4n) is 0.745. The van der Waals surface area contributed by atoms with Crippen LogP contribution in [0.15, 0.2) is 0 Å². The van der Waals surface area contributed by atoms with Gasteiger partial charge in [-0.05, 0) is 13.3 Å². The van der Waals surface area contributed by atoms with Crippen molar-refractivity contribution in [2.45, 2.75) is 46.6 Å². The van der Waals surface area contributed by atoms with Crippen LogP contribution in [0.3, 0.4) is 0 Å². The lowest BCUT2D eigenvalue weighted by Gasteiger charge is -2.31. The Bertz CT molecular complexity index is 178. The molecular weight excluding hydrogens is 164 g/mol. The van der Waals surface area contributed by atoms with Crippen LogP contribution in [0.4, 0.5) is 0 Å². The van der Waals surface area contributed by atoms with Crippen LogP contribution >= 0.6 is 0 Å². The topological polar surface area (TPSA) is 55.1 Å². The summed E-state index contributed by atoms with van der Waals surface area (Å²) in [6.07, 6.45) is 0.853. The average Bonchev–Trinajstić information content (AvgIpc) is 2.02. The molecule has 0 heterocycles. The first kappa shape index (κ1) is 12.4. The molecule has 0 spiro atoms.